The van der Waals surface area contributed by atoms with Crippen LogP contribution in [0.1, 0.15) is 34.9 Å². The maximum Gasteiger partial charge on any atom is 0.358 e. The Morgan fingerprint density at radius 2 is 2.19 bits per heavy atom. The number of non-ortho nitro benzene ring substituents is 1. The minimum atomic E-state index is -1.23. The zero-order valence-corrected chi connectivity index (χ0v) is 10.6. The van der Waals surface area contributed by atoms with Gasteiger partial charge >= 0.3 is 5.97 Å². The molecule has 1 aliphatic carbocycles. The van der Waals surface area contributed by atoms with E-state index in [4.69, 9.17) is 5.11 Å². The lowest BCUT2D eigenvalue weighted by Crippen LogP contribution is -2.07. The van der Waals surface area contributed by atoms with Gasteiger partial charge in [0, 0.05) is 12.0 Å². The monoisotopic (exact) mass is 292 g/mol. The van der Waals surface area contributed by atoms with Gasteiger partial charge in [0.2, 0.25) is 0 Å². The van der Waals surface area contributed by atoms with Crippen LogP contribution in [0, 0.1) is 15.9 Å². The van der Waals surface area contributed by atoms with E-state index >= 15 is 0 Å². The van der Waals surface area contributed by atoms with Crippen molar-refractivity contribution in [2.75, 3.05) is 0 Å². The van der Waals surface area contributed by atoms with E-state index in [0.29, 0.717) is 5.69 Å². The summed E-state index contributed by atoms with van der Waals surface area (Å²) in [6.45, 7) is 0. The molecule has 8 nitrogen and oxygen atoms in total. The molecule has 108 valence electrons. The molecule has 0 atom stereocenters. The third-order valence-electron chi connectivity index (χ3n) is 3.24. The Balaban J connectivity index is 2.13. The van der Waals surface area contributed by atoms with Crippen LogP contribution in [0.4, 0.5) is 10.1 Å². The van der Waals surface area contributed by atoms with Gasteiger partial charge < -0.3 is 5.11 Å². The van der Waals surface area contributed by atoms with Crippen LogP contribution >= 0.6 is 0 Å². The fourth-order valence-corrected chi connectivity index (χ4v) is 2.12. The lowest BCUT2D eigenvalue weighted by Gasteiger charge is -2.06. The van der Waals surface area contributed by atoms with Gasteiger partial charge in [-0.05, 0) is 18.9 Å². The van der Waals surface area contributed by atoms with Crippen molar-refractivity contribution in [2.24, 2.45) is 0 Å². The van der Waals surface area contributed by atoms with Crippen LogP contribution in [0.2, 0.25) is 0 Å². The summed E-state index contributed by atoms with van der Waals surface area (Å²) in [5.74, 6) is -2.11. The van der Waals surface area contributed by atoms with Gasteiger partial charge in [0.1, 0.15) is 5.69 Å². The number of nitro benzene ring substituents is 1. The Labute approximate surface area is 117 Å². The van der Waals surface area contributed by atoms with Gasteiger partial charge in [-0.2, -0.15) is 0 Å². The summed E-state index contributed by atoms with van der Waals surface area (Å²) < 4.78 is 15.1. The largest absolute Gasteiger partial charge is 0.476 e. The van der Waals surface area contributed by atoms with Gasteiger partial charge in [0.05, 0.1) is 16.7 Å². The van der Waals surface area contributed by atoms with E-state index < -0.39 is 16.7 Å². The number of nitrogens with zero attached hydrogens (tertiary/aromatic N) is 4. The molecule has 9 heteroatoms. The zero-order valence-electron chi connectivity index (χ0n) is 10.6. The van der Waals surface area contributed by atoms with Crippen LogP contribution in [0.3, 0.4) is 0 Å². The molecule has 2 aromatic rings. The highest BCUT2D eigenvalue weighted by Gasteiger charge is 2.34. The van der Waals surface area contributed by atoms with Crippen molar-refractivity contribution in [3.05, 3.63) is 45.5 Å². The van der Waals surface area contributed by atoms with Crippen LogP contribution in [-0.4, -0.2) is 31.0 Å². The number of carboxylic acid groups (broad SMARTS) is 1. The summed E-state index contributed by atoms with van der Waals surface area (Å²) in [5.41, 5.74) is -0.323. The van der Waals surface area contributed by atoms with Gasteiger partial charge in [0.15, 0.2) is 11.5 Å². The second-order valence-electron chi connectivity index (χ2n) is 4.71. The first-order valence-corrected chi connectivity index (χ1v) is 6.12. The lowest BCUT2D eigenvalue weighted by molar-refractivity contribution is -0.385. The van der Waals surface area contributed by atoms with Gasteiger partial charge in [0.25, 0.3) is 5.69 Å². The predicted molar refractivity (Wildman–Crippen MR) is 66.9 cm³/mol. The summed E-state index contributed by atoms with van der Waals surface area (Å²) in [4.78, 5) is 21.0. The van der Waals surface area contributed by atoms with Gasteiger partial charge in [-0.15, -0.1) is 5.10 Å². The average molecular weight is 292 g/mol. The highest BCUT2D eigenvalue weighted by molar-refractivity contribution is 5.87. The Morgan fingerprint density at radius 1 is 1.48 bits per heavy atom. The van der Waals surface area contributed by atoms with Crippen LogP contribution < -0.4 is 0 Å². The molecule has 1 saturated carbocycles. The molecule has 0 bridgehead atoms. The van der Waals surface area contributed by atoms with E-state index in [9.17, 15) is 19.3 Å². The van der Waals surface area contributed by atoms with Crippen molar-refractivity contribution in [3.63, 3.8) is 0 Å². The van der Waals surface area contributed by atoms with E-state index in [1.54, 1.807) is 0 Å². The fraction of sp³-hybridized carbons (Fsp3) is 0.250. The number of rotatable bonds is 4. The second-order valence-corrected chi connectivity index (χ2v) is 4.71. The molecule has 1 aliphatic rings. The SMILES string of the molecule is O=C(O)c1nnn(-c2ccc([N+](=O)[O-])cc2F)c1C1CC1. The third kappa shape index (κ3) is 2.22. The first-order valence-electron chi connectivity index (χ1n) is 6.12. The highest BCUT2D eigenvalue weighted by Crippen LogP contribution is 2.42. The maximum atomic E-state index is 14.0. The summed E-state index contributed by atoms with van der Waals surface area (Å²) >= 11 is 0. The van der Waals surface area contributed by atoms with Gasteiger partial charge in [-0.3, -0.25) is 10.1 Å². The quantitative estimate of drug-likeness (QED) is 0.680. The normalized spacial score (nSPS) is 14.1. The van der Waals surface area contributed by atoms with E-state index in [0.717, 1.165) is 29.7 Å². The first-order chi connectivity index (χ1) is 9.99. The van der Waals surface area contributed by atoms with Crippen molar-refractivity contribution in [1.29, 1.82) is 0 Å². The second kappa shape index (κ2) is 4.62. The maximum absolute atomic E-state index is 14.0. The topological polar surface area (TPSA) is 111 Å². The summed E-state index contributed by atoms with van der Waals surface area (Å²) in [6.07, 6.45) is 1.56. The summed E-state index contributed by atoms with van der Waals surface area (Å²) in [6, 6.07) is 3.10. The molecule has 0 saturated heterocycles. The summed E-state index contributed by atoms with van der Waals surface area (Å²) in [5, 5.41) is 26.9. The molecule has 0 amide bonds. The van der Waals surface area contributed by atoms with E-state index in [1.807, 2.05) is 0 Å². The molecule has 0 spiro atoms. The van der Waals surface area contributed by atoms with E-state index in [1.165, 1.54) is 6.07 Å². The minimum Gasteiger partial charge on any atom is -0.476 e. The number of nitro groups is 1. The number of hydrogen-bond donors (Lipinski definition) is 1. The Hall–Kier alpha value is -2.84. The molecule has 1 N–H and O–H groups in total. The number of aromatic nitrogens is 3. The van der Waals surface area contributed by atoms with Gasteiger partial charge in [-0.1, -0.05) is 5.21 Å². The standard InChI is InChI=1S/C12H9FN4O4/c13-8-5-7(17(20)21)3-4-9(8)16-11(6-1-2-6)10(12(18)19)14-15-16/h3-6H,1-2H2,(H,18,19). The zero-order chi connectivity index (χ0) is 15.1. The Bertz CT molecular complexity index is 754. The van der Waals surface area contributed by atoms with E-state index in [-0.39, 0.29) is 23.0 Å². The Kier molecular flexibility index (Phi) is 2.89. The third-order valence-corrected chi connectivity index (χ3v) is 3.24. The molecular formula is C12H9FN4O4. The van der Waals surface area contributed by atoms with Gasteiger partial charge in [-0.25, -0.2) is 13.9 Å². The van der Waals surface area contributed by atoms with Crippen molar-refractivity contribution in [2.45, 2.75) is 18.8 Å². The molecule has 1 aromatic carbocycles. The van der Waals surface area contributed by atoms with Crippen molar-refractivity contribution in [1.82, 2.24) is 15.0 Å². The first kappa shape index (κ1) is 13.2. The van der Waals surface area contributed by atoms with E-state index in [2.05, 4.69) is 10.3 Å². The van der Waals surface area contributed by atoms with Crippen LogP contribution in [-0.2, 0) is 0 Å². The number of benzene rings is 1. The molecular weight excluding hydrogens is 283 g/mol. The Morgan fingerprint density at radius 3 is 2.71 bits per heavy atom. The smallest absolute Gasteiger partial charge is 0.358 e. The molecule has 1 heterocycles. The molecule has 1 aromatic heterocycles. The number of carboxylic acids is 1. The molecule has 21 heavy (non-hydrogen) atoms. The van der Waals surface area contributed by atoms with Crippen molar-refractivity contribution >= 4 is 11.7 Å². The molecule has 1 fully saturated rings. The molecule has 3 rings (SSSR count). The van der Waals surface area contributed by atoms with Crippen molar-refractivity contribution < 1.29 is 19.2 Å². The molecule has 0 aliphatic heterocycles. The van der Waals surface area contributed by atoms with Crippen LogP contribution in [0.5, 0.6) is 0 Å². The number of hydrogen-bond acceptors (Lipinski definition) is 5. The van der Waals surface area contributed by atoms with Crippen molar-refractivity contribution in [3.8, 4) is 5.69 Å². The molecule has 0 unspecified atom stereocenters. The minimum absolute atomic E-state index is 0.0271. The van der Waals surface area contributed by atoms with Crippen LogP contribution in [0.15, 0.2) is 18.2 Å². The number of aromatic carboxylic acids is 1. The number of carbonyl (C=O) groups is 1. The molecule has 0 radical (unpaired) electrons. The highest BCUT2D eigenvalue weighted by atomic mass is 19.1. The summed E-state index contributed by atoms with van der Waals surface area (Å²) in [7, 11) is 0. The number of halogens is 1. The fourth-order valence-electron chi connectivity index (χ4n) is 2.12. The van der Waals surface area contributed by atoms with Crippen LogP contribution in [0.25, 0.3) is 5.69 Å². The predicted octanol–water partition coefficient (Wildman–Crippen LogP) is 1.89. The lowest BCUT2D eigenvalue weighted by atomic mass is 10.2. The average Bonchev–Trinajstić information content (AvgIpc) is 3.17.